The standard InChI is InChI=1S/C18H17Cl2N3O2S/c1-23-17(12-25-16-8-7-13(19)11-15(16)20)21-22-18(23)26-10-9-24-14-5-3-2-4-6-14/h2-8,11H,9-10,12H2,1H3. The lowest BCUT2D eigenvalue weighted by Gasteiger charge is -2.08. The molecule has 26 heavy (non-hydrogen) atoms. The molecule has 0 unspecified atom stereocenters. The summed E-state index contributed by atoms with van der Waals surface area (Å²) in [6, 6.07) is 14.8. The molecule has 3 aromatic rings. The van der Waals surface area contributed by atoms with Crippen LogP contribution in [-0.4, -0.2) is 27.1 Å². The summed E-state index contributed by atoms with van der Waals surface area (Å²) in [5, 5.41) is 10.2. The van der Waals surface area contributed by atoms with E-state index >= 15 is 0 Å². The van der Waals surface area contributed by atoms with Gasteiger partial charge in [-0.15, -0.1) is 10.2 Å². The summed E-state index contributed by atoms with van der Waals surface area (Å²) in [5.41, 5.74) is 0. The quantitative estimate of drug-likeness (QED) is 0.392. The van der Waals surface area contributed by atoms with Crippen molar-refractivity contribution in [1.29, 1.82) is 0 Å². The van der Waals surface area contributed by atoms with Crippen LogP contribution in [0.5, 0.6) is 11.5 Å². The van der Waals surface area contributed by atoms with E-state index in [1.54, 1.807) is 30.0 Å². The van der Waals surface area contributed by atoms with E-state index in [1.807, 2.05) is 41.9 Å². The first-order chi connectivity index (χ1) is 12.6. The first-order valence-corrected chi connectivity index (χ1v) is 9.64. The number of hydrogen-bond acceptors (Lipinski definition) is 5. The Morgan fingerprint density at radius 3 is 2.62 bits per heavy atom. The average Bonchev–Trinajstić information content (AvgIpc) is 2.99. The SMILES string of the molecule is Cn1c(COc2ccc(Cl)cc2Cl)nnc1SCCOc1ccccc1. The van der Waals surface area contributed by atoms with Crippen molar-refractivity contribution in [3.8, 4) is 11.5 Å². The number of thioether (sulfide) groups is 1. The molecule has 0 atom stereocenters. The van der Waals surface area contributed by atoms with Gasteiger partial charge in [0.25, 0.3) is 0 Å². The van der Waals surface area contributed by atoms with Crippen molar-refractivity contribution in [2.75, 3.05) is 12.4 Å². The number of hydrogen-bond donors (Lipinski definition) is 0. The van der Waals surface area contributed by atoms with Gasteiger partial charge in [-0.3, -0.25) is 0 Å². The molecule has 5 nitrogen and oxygen atoms in total. The van der Waals surface area contributed by atoms with Crippen molar-refractivity contribution in [2.45, 2.75) is 11.8 Å². The minimum Gasteiger partial charge on any atom is -0.493 e. The Bertz CT molecular complexity index is 859. The van der Waals surface area contributed by atoms with Gasteiger partial charge in [-0.2, -0.15) is 0 Å². The minimum absolute atomic E-state index is 0.270. The predicted molar refractivity (Wildman–Crippen MR) is 104 cm³/mol. The topological polar surface area (TPSA) is 49.2 Å². The van der Waals surface area contributed by atoms with E-state index in [-0.39, 0.29) is 6.61 Å². The van der Waals surface area contributed by atoms with E-state index in [2.05, 4.69) is 10.2 Å². The van der Waals surface area contributed by atoms with Gasteiger partial charge >= 0.3 is 0 Å². The van der Waals surface area contributed by atoms with Crippen molar-refractivity contribution < 1.29 is 9.47 Å². The van der Waals surface area contributed by atoms with Crippen LogP contribution in [0.4, 0.5) is 0 Å². The molecule has 0 spiro atoms. The molecule has 1 aromatic heterocycles. The third kappa shape index (κ3) is 5.06. The average molecular weight is 410 g/mol. The highest BCUT2D eigenvalue weighted by Crippen LogP contribution is 2.28. The highest BCUT2D eigenvalue weighted by Gasteiger charge is 2.11. The molecule has 0 N–H and O–H groups in total. The van der Waals surface area contributed by atoms with Gasteiger partial charge in [0.05, 0.1) is 11.6 Å². The Morgan fingerprint density at radius 2 is 1.85 bits per heavy atom. The minimum atomic E-state index is 0.270. The van der Waals surface area contributed by atoms with Crippen LogP contribution in [0.25, 0.3) is 0 Å². The zero-order valence-corrected chi connectivity index (χ0v) is 16.4. The van der Waals surface area contributed by atoms with Gasteiger partial charge in [0, 0.05) is 17.8 Å². The molecule has 0 fully saturated rings. The van der Waals surface area contributed by atoms with Gasteiger partial charge in [-0.05, 0) is 30.3 Å². The van der Waals surface area contributed by atoms with Crippen molar-refractivity contribution in [2.24, 2.45) is 7.05 Å². The fraction of sp³-hybridized carbons (Fsp3) is 0.222. The number of ether oxygens (including phenoxy) is 2. The molecule has 0 aliphatic rings. The predicted octanol–water partition coefficient (Wildman–Crippen LogP) is 4.87. The van der Waals surface area contributed by atoms with Gasteiger partial charge in [0.1, 0.15) is 18.1 Å². The van der Waals surface area contributed by atoms with E-state index in [1.165, 1.54) is 0 Å². The van der Waals surface area contributed by atoms with Crippen LogP contribution in [-0.2, 0) is 13.7 Å². The van der Waals surface area contributed by atoms with Crippen molar-refractivity contribution in [1.82, 2.24) is 14.8 Å². The fourth-order valence-electron chi connectivity index (χ4n) is 2.14. The van der Waals surface area contributed by atoms with Crippen LogP contribution < -0.4 is 9.47 Å². The molecule has 0 saturated carbocycles. The summed E-state index contributed by atoms with van der Waals surface area (Å²) in [4.78, 5) is 0. The summed E-state index contributed by atoms with van der Waals surface area (Å²) in [5.74, 6) is 2.90. The zero-order chi connectivity index (χ0) is 18.4. The van der Waals surface area contributed by atoms with Crippen LogP contribution in [0.1, 0.15) is 5.82 Å². The van der Waals surface area contributed by atoms with Crippen molar-refractivity contribution >= 4 is 35.0 Å². The molecule has 0 radical (unpaired) electrons. The number of nitrogens with zero attached hydrogens (tertiary/aromatic N) is 3. The summed E-state index contributed by atoms with van der Waals surface area (Å²) >= 11 is 13.6. The van der Waals surface area contributed by atoms with Gasteiger partial charge in [-0.1, -0.05) is 53.2 Å². The zero-order valence-electron chi connectivity index (χ0n) is 14.1. The Balaban J connectivity index is 1.49. The largest absolute Gasteiger partial charge is 0.493 e. The van der Waals surface area contributed by atoms with Gasteiger partial charge in [0.2, 0.25) is 0 Å². The second kappa shape index (κ2) is 9.16. The number of benzene rings is 2. The maximum Gasteiger partial charge on any atom is 0.191 e. The molecule has 1 heterocycles. The maximum atomic E-state index is 6.11. The van der Waals surface area contributed by atoms with E-state index in [0.717, 1.165) is 16.7 Å². The molecule has 136 valence electrons. The number of aromatic nitrogens is 3. The second-order valence-corrected chi connectivity index (χ2v) is 7.24. The molecule has 0 saturated heterocycles. The first kappa shape index (κ1) is 18.9. The molecule has 0 bridgehead atoms. The molecular formula is C18H17Cl2N3O2S. The van der Waals surface area contributed by atoms with Gasteiger partial charge in [0.15, 0.2) is 11.0 Å². The third-order valence-corrected chi connectivity index (χ3v) is 5.02. The Kier molecular flexibility index (Phi) is 6.66. The lowest BCUT2D eigenvalue weighted by molar-refractivity contribution is 0.290. The summed E-state index contributed by atoms with van der Waals surface area (Å²) in [6.07, 6.45) is 0. The summed E-state index contributed by atoms with van der Waals surface area (Å²) < 4.78 is 13.3. The van der Waals surface area contributed by atoms with Gasteiger partial charge in [-0.25, -0.2) is 0 Å². The monoisotopic (exact) mass is 409 g/mol. The molecule has 3 rings (SSSR count). The number of para-hydroxylation sites is 1. The Hall–Kier alpha value is -1.89. The normalized spacial score (nSPS) is 10.7. The Morgan fingerprint density at radius 1 is 1.04 bits per heavy atom. The molecule has 0 aliphatic carbocycles. The highest BCUT2D eigenvalue weighted by molar-refractivity contribution is 7.99. The van der Waals surface area contributed by atoms with E-state index in [0.29, 0.717) is 28.2 Å². The molecule has 2 aromatic carbocycles. The second-order valence-electron chi connectivity index (χ2n) is 5.33. The van der Waals surface area contributed by atoms with Crippen LogP contribution in [0.2, 0.25) is 10.0 Å². The van der Waals surface area contributed by atoms with E-state index in [4.69, 9.17) is 32.7 Å². The van der Waals surface area contributed by atoms with Crippen molar-refractivity contribution in [3.05, 3.63) is 64.4 Å². The molecule has 0 aliphatic heterocycles. The van der Waals surface area contributed by atoms with E-state index in [9.17, 15) is 0 Å². The third-order valence-electron chi connectivity index (χ3n) is 3.50. The number of halogens is 2. The summed E-state index contributed by atoms with van der Waals surface area (Å²) in [7, 11) is 1.91. The smallest absolute Gasteiger partial charge is 0.191 e. The lowest BCUT2D eigenvalue weighted by atomic mass is 10.3. The first-order valence-electron chi connectivity index (χ1n) is 7.90. The molecule has 8 heteroatoms. The van der Waals surface area contributed by atoms with Crippen LogP contribution in [0.3, 0.4) is 0 Å². The Labute approximate surface area is 166 Å². The number of rotatable bonds is 8. The molecule has 0 amide bonds. The van der Waals surface area contributed by atoms with Crippen LogP contribution in [0.15, 0.2) is 53.7 Å². The maximum absolute atomic E-state index is 6.11. The van der Waals surface area contributed by atoms with Crippen LogP contribution >= 0.6 is 35.0 Å². The van der Waals surface area contributed by atoms with Crippen molar-refractivity contribution in [3.63, 3.8) is 0 Å². The van der Waals surface area contributed by atoms with Crippen LogP contribution in [0, 0.1) is 0 Å². The van der Waals surface area contributed by atoms with Gasteiger partial charge < -0.3 is 14.0 Å². The fourth-order valence-corrected chi connectivity index (χ4v) is 3.35. The summed E-state index contributed by atoms with van der Waals surface area (Å²) in [6.45, 7) is 0.861. The van der Waals surface area contributed by atoms with E-state index < -0.39 is 0 Å². The highest BCUT2D eigenvalue weighted by atomic mass is 35.5. The lowest BCUT2D eigenvalue weighted by Crippen LogP contribution is -2.05. The molecular weight excluding hydrogens is 393 g/mol.